The van der Waals surface area contributed by atoms with Crippen molar-refractivity contribution in [3.05, 3.63) is 51.2 Å². The molecule has 0 aliphatic carbocycles. The summed E-state index contributed by atoms with van der Waals surface area (Å²) in [5, 5.41) is 0.299. The zero-order valence-electron chi connectivity index (χ0n) is 10.8. The van der Waals surface area contributed by atoms with Crippen molar-refractivity contribution in [3.63, 3.8) is 0 Å². The van der Waals surface area contributed by atoms with Gasteiger partial charge in [0, 0.05) is 34.1 Å². The number of nitrogens with zero attached hydrogens (tertiary/aromatic N) is 1. The van der Waals surface area contributed by atoms with Crippen LogP contribution in [-0.2, 0) is 0 Å². The number of hydrogen-bond acceptors (Lipinski definition) is 4. The first kappa shape index (κ1) is 14.8. The summed E-state index contributed by atoms with van der Waals surface area (Å²) in [6, 6.07) is 4.80. The lowest BCUT2D eigenvalue weighted by atomic mass is 10.0. The summed E-state index contributed by atoms with van der Waals surface area (Å²) in [7, 11) is 3.01. The van der Waals surface area contributed by atoms with Crippen LogP contribution in [0.1, 0.15) is 15.9 Å². The van der Waals surface area contributed by atoms with Crippen molar-refractivity contribution >= 4 is 33.3 Å². The molecule has 6 heteroatoms. The van der Waals surface area contributed by atoms with Gasteiger partial charge in [-0.05, 0) is 28.1 Å². The van der Waals surface area contributed by atoms with Crippen molar-refractivity contribution in [2.75, 3.05) is 14.2 Å². The second-order valence-electron chi connectivity index (χ2n) is 3.91. The third-order valence-electron chi connectivity index (χ3n) is 2.68. The topological polar surface area (TPSA) is 48.4 Å². The van der Waals surface area contributed by atoms with Gasteiger partial charge in [-0.2, -0.15) is 0 Å². The van der Waals surface area contributed by atoms with Crippen LogP contribution in [0.5, 0.6) is 11.5 Å². The lowest BCUT2D eigenvalue weighted by molar-refractivity contribution is 0.103. The van der Waals surface area contributed by atoms with Gasteiger partial charge in [-0.1, -0.05) is 11.6 Å². The molecule has 0 saturated heterocycles. The van der Waals surface area contributed by atoms with Crippen molar-refractivity contribution in [1.29, 1.82) is 0 Å². The van der Waals surface area contributed by atoms with Gasteiger partial charge in [-0.15, -0.1) is 0 Å². The molecule has 0 unspecified atom stereocenters. The maximum Gasteiger partial charge on any atom is 0.196 e. The molecule has 0 N–H and O–H groups in total. The van der Waals surface area contributed by atoms with Crippen molar-refractivity contribution in [3.8, 4) is 11.5 Å². The van der Waals surface area contributed by atoms with Crippen molar-refractivity contribution in [2.24, 2.45) is 0 Å². The van der Waals surface area contributed by atoms with E-state index in [1.165, 1.54) is 20.4 Å². The molecule has 0 atom stereocenters. The number of carbonyl (C=O) groups excluding carboxylic acids is 1. The van der Waals surface area contributed by atoms with Gasteiger partial charge in [0.1, 0.15) is 0 Å². The first-order valence-corrected chi connectivity index (χ1v) is 6.80. The highest BCUT2D eigenvalue weighted by Crippen LogP contribution is 2.34. The molecule has 4 nitrogen and oxygen atoms in total. The molecule has 104 valence electrons. The predicted molar refractivity (Wildman–Crippen MR) is 79.9 cm³/mol. The van der Waals surface area contributed by atoms with Crippen LogP contribution in [0.4, 0.5) is 0 Å². The SMILES string of the molecule is COc1cc(Cl)c(C(=O)c2cncc(Br)c2)cc1OC. The highest BCUT2D eigenvalue weighted by Gasteiger charge is 2.17. The number of ketones is 1. The predicted octanol–water partition coefficient (Wildman–Crippen LogP) is 3.75. The molecule has 0 radical (unpaired) electrons. The number of halogens is 2. The maximum absolute atomic E-state index is 12.4. The molecular weight excluding hydrogens is 346 g/mol. The molecule has 1 aromatic heterocycles. The third kappa shape index (κ3) is 2.94. The highest BCUT2D eigenvalue weighted by molar-refractivity contribution is 9.10. The Morgan fingerprint density at radius 3 is 2.40 bits per heavy atom. The molecular formula is C14H11BrClNO3. The summed E-state index contributed by atoms with van der Waals surface area (Å²) in [5.74, 6) is 0.689. The zero-order valence-corrected chi connectivity index (χ0v) is 13.2. The Morgan fingerprint density at radius 1 is 1.15 bits per heavy atom. The molecule has 1 heterocycles. The minimum Gasteiger partial charge on any atom is -0.493 e. The van der Waals surface area contributed by atoms with Crippen LogP contribution in [-0.4, -0.2) is 25.0 Å². The summed E-state index contributed by atoms with van der Waals surface area (Å²) < 4.78 is 11.0. The van der Waals surface area contributed by atoms with Gasteiger partial charge in [-0.3, -0.25) is 9.78 Å². The Bertz CT molecular complexity index is 661. The second-order valence-corrected chi connectivity index (χ2v) is 5.23. The maximum atomic E-state index is 12.4. The van der Waals surface area contributed by atoms with Crippen LogP contribution < -0.4 is 9.47 Å². The van der Waals surface area contributed by atoms with Crippen LogP contribution in [0.2, 0.25) is 5.02 Å². The van der Waals surface area contributed by atoms with E-state index < -0.39 is 0 Å². The van der Waals surface area contributed by atoms with Gasteiger partial charge in [0.2, 0.25) is 0 Å². The molecule has 0 spiro atoms. The Hall–Kier alpha value is -1.59. The van der Waals surface area contributed by atoms with E-state index in [2.05, 4.69) is 20.9 Å². The van der Waals surface area contributed by atoms with Crippen molar-refractivity contribution in [2.45, 2.75) is 0 Å². The number of aromatic nitrogens is 1. The van der Waals surface area contributed by atoms with Crippen LogP contribution in [0, 0.1) is 0 Å². The van der Waals surface area contributed by atoms with E-state index in [1.54, 1.807) is 24.4 Å². The standard InChI is InChI=1S/C14H11BrClNO3/c1-19-12-4-10(11(16)5-13(12)20-2)14(18)8-3-9(15)7-17-6-8/h3-7H,1-2H3. The number of methoxy groups -OCH3 is 2. The molecule has 0 aliphatic rings. The lowest BCUT2D eigenvalue weighted by Gasteiger charge is -2.11. The van der Waals surface area contributed by atoms with E-state index in [9.17, 15) is 4.79 Å². The normalized spacial score (nSPS) is 10.2. The Morgan fingerprint density at radius 2 is 1.80 bits per heavy atom. The molecule has 2 rings (SSSR count). The fourth-order valence-corrected chi connectivity index (χ4v) is 2.32. The van der Waals surface area contributed by atoms with Gasteiger partial charge >= 0.3 is 0 Å². The second kappa shape index (κ2) is 6.24. The monoisotopic (exact) mass is 355 g/mol. The molecule has 0 bridgehead atoms. The molecule has 1 aromatic carbocycles. The largest absolute Gasteiger partial charge is 0.493 e. The average Bonchev–Trinajstić information content (AvgIpc) is 2.46. The number of carbonyl (C=O) groups is 1. The Labute approximate surface area is 129 Å². The molecule has 2 aromatic rings. The van der Waals surface area contributed by atoms with E-state index in [0.717, 1.165) is 4.47 Å². The van der Waals surface area contributed by atoms with Crippen LogP contribution >= 0.6 is 27.5 Å². The molecule has 0 fully saturated rings. The first-order chi connectivity index (χ1) is 9.56. The van der Waals surface area contributed by atoms with Gasteiger partial charge in [0.15, 0.2) is 17.3 Å². The third-order valence-corrected chi connectivity index (χ3v) is 3.43. The Balaban J connectivity index is 2.49. The van der Waals surface area contributed by atoms with Gasteiger partial charge in [0.05, 0.1) is 19.2 Å². The summed E-state index contributed by atoms with van der Waals surface area (Å²) in [6.45, 7) is 0. The van der Waals surface area contributed by atoms with E-state index >= 15 is 0 Å². The van der Waals surface area contributed by atoms with E-state index in [0.29, 0.717) is 27.6 Å². The number of pyridine rings is 1. The zero-order chi connectivity index (χ0) is 14.7. The van der Waals surface area contributed by atoms with Crippen LogP contribution in [0.3, 0.4) is 0 Å². The fourth-order valence-electron chi connectivity index (χ4n) is 1.72. The number of hydrogen-bond donors (Lipinski definition) is 0. The Kier molecular flexibility index (Phi) is 4.62. The summed E-state index contributed by atoms with van der Waals surface area (Å²) in [4.78, 5) is 16.4. The van der Waals surface area contributed by atoms with Crippen molar-refractivity contribution < 1.29 is 14.3 Å². The minimum atomic E-state index is -0.232. The van der Waals surface area contributed by atoms with E-state index in [1.807, 2.05) is 0 Å². The molecule has 0 saturated carbocycles. The minimum absolute atomic E-state index is 0.232. The van der Waals surface area contributed by atoms with E-state index in [4.69, 9.17) is 21.1 Å². The van der Waals surface area contributed by atoms with E-state index in [-0.39, 0.29) is 5.78 Å². The molecule has 0 amide bonds. The number of benzene rings is 1. The first-order valence-electron chi connectivity index (χ1n) is 5.63. The quantitative estimate of drug-likeness (QED) is 0.783. The van der Waals surface area contributed by atoms with Gasteiger partial charge in [0.25, 0.3) is 0 Å². The lowest BCUT2D eigenvalue weighted by Crippen LogP contribution is -2.04. The van der Waals surface area contributed by atoms with Crippen LogP contribution in [0.15, 0.2) is 35.1 Å². The highest BCUT2D eigenvalue weighted by atomic mass is 79.9. The fraction of sp³-hybridized carbons (Fsp3) is 0.143. The average molecular weight is 357 g/mol. The van der Waals surface area contributed by atoms with Gasteiger partial charge in [-0.25, -0.2) is 0 Å². The summed E-state index contributed by atoms with van der Waals surface area (Å²) in [5.41, 5.74) is 0.776. The summed E-state index contributed by atoms with van der Waals surface area (Å²) >= 11 is 9.41. The van der Waals surface area contributed by atoms with Crippen molar-refractivity contribution in [1.82, 2.24) is 4.98 Å². The number of rotatable bonds is 4. The smallest absolute Gasteiger partial charge is 0.196 e. The van der Waals surface area contributed by atoms with Crippen LogP contribution in [0.25, 0.3) is 0 Å². The number of ether oxygens (including phenoxy) is 2. The van der Waals surface area contributed by atoms with Gasteiger partial charge < -0.3 is 9.47 Å². The molecule has 20 heavy (non-hydrogen) atoms. The summed E-state index contributed by atoms with van der Waals surface area (Å²) in [6.07, 6.45) is 3.09. The molecule has 0 aliphatic heterocycles.